The molecule has 0 bridgehead atoms. The number of Topliss-reactive ketones (excluding diaryl/α,β-unsaturated/α-hetero) is 1. The third kappa shape index (κ3) is 5.05. The lowest BCUT2D eigenvalue weighted by Crippen LogP contribution is -2.52. The minimum atomic E-state index is -0.585. The molecular weight excluding hydrogens is 452 g/mol. The Kier molecular flexibility index (Phi) is 6.62. The second-order valence-electron chi connectivity index (χ2n) is 8.94. The molecule has 7 nitrogen and oxygen atoms in total. The summed E-state index contributed by atoms with van der Waals surface area (Å²) in [5, 5.41) is 0. The maximum atomic E-state index is 13.0. The van der Waals surface area contributed by atoms with Gasteiger partial charge in [-0.25, -0.2) is 4.98 Å². The fourth-order valence-corrected chi connectivity index (χ4v) is 4.40. The van der Waals surface area contributed by atoms with Gasteiger partial charge in [-0.2, -0.15) is 0 Å². The summed E-state index contributed by atoms with van der Waals surface area (Å²) >= 11 is 0. The van der Waals surface area contributed by atoms with Crippen LogP contribution in [0, 0.1) is 0 Å². The maximum absolute atomic E-state index is 13.0. The van der Waals surface area contributed by atoms with Crippen molar-refractivity contribution in [3.63, 3.8) is 0 Å². The van der Waals surface area contributed by atoms with Gasteiger partial charge < -0.3 is 14.5 Å². The van der Waals surface area contributed by atoms with E-state index in [1.54, 1.807) is 20.0 Å². The number of benzene rings is 3. The van der Waals surface area contributed by atoms with Gasteiger partial charge in [0, 0.05) is 43.0 Å². The van der Waals surface area contributed by atoms with Crippen molar-refractivity contribution < 1.29 is 14.3 Å². The average Bonchev–Trinajstić information content (AvgIpc) is 2.93. The van der Waals surface area contributed by atoms with Crippen LogP contribution in [0.3, 0.4) is 0 Å². The number of aromatic nitrogens is 2. The molecule has 1 amide bonds. The summed E-state index contributed by atoms with van der Waals surface area (Å²) in [5.41, 5.74) is 5.21. The van der Waals surface area contributed by atoms with Crippen LogP contribution in [-0.4, -0.2) is 58.8 Å². The largest absolute Gasteiger partial charge is 0.481 e. The number of fused-ring (bicyclic) bond motifs is 1. The highest BCUT2D eigenvalue weighted by molar-refractivity contribution is 5.94. The zero-order chi connectivity index (χ0) is 25.1. The number of ether oxygens (including phenoxy) is 1. The van der Waals surface area contributed by atoms with E-state index in [0.717, 1.165) is 41.1 Å². The van der Waals surface area contributed by atoms with Crippen LogP contribution < -0.4 is 9.64 Å². The Hall–Kier alpha value is -4.26. The molecule has 0 radical (unpaired) electrons. The number of nitrogens with zero attached hydrogens (tertiary/aromatic N) is 4. The first kappa shape index (κ1) is 23.5. The van der Waals surface area contributed by atoms with Gasteiger partial charge in [-0.3, -0.25) is 14.6 Å². The second-order valence-corrected chi connectivity index (χ2v) is 8.94. The summed E-state index contributed by atoms with van der Waals surface area (Å²) in [6.45, 7) is 6.08. The molecule has 5 rings (SSSR count). The number of anilines is 1. The molecule has 0 N–H and O–H groups in total. The Morgan fingerprint density at radius 3 is 2.19 bits per heavy atom. The number of carbonyl (C=O) groups is 2. The Labute approximate surface area is 210 Å². The molecular formula is C29H28N4O3. The second kappa shape index (κ2) is 10.2. The molecule has 4 aromatic rings. The van der Waals surface area contributed by atoms with Crippen molar-refractivity contribution >= 4 is 28.4 Å². The van der Waals surface area contributed by atoms with Gasteiger partial charge >= 0.3 is 0 Å². The third-order valence-electron chi connectivity index (χ3n) is 6.49. The van der Waals surface area contributed by atoms with Crippen molar-refractivity contribution in [2.24, 2.45) is 0 Å². The van der Waals surface area contributed by atoms with Crippen LogP contribution in [0.1, 0.15) is 24.2 Å². The van der Waals surface area contributed by atoms with Gasteiger partial charge in [0.05, 0.1) is 22.9 Å². The van der Waals surface area contributed by atoms with Gasteiger partial charge in [0.1, 0.15) is 5.75 Å². The monoisotopic (exact) mass is 480 g/mol. The molecule has 1 atom stereocenters. The third-order valence-corrected chi connectivity index (χ3v) is 6.49. The van der Waals surface area contributed by atoms with Gasteiger partial charge in [-0.1, -0.05) is 12.1 Å². The first-order valence-electron chi connectivity index (χ1n) is 12.1. The molecule has 36 heavy (non-hydrogen) atoms. The van der Waals surface area contributed by atoms with Gasteiger partial charge in [-0.15, -0.1) is 0 Å². The molecule has 0 spiro atoms. The standard InChI is InChI=1S/C29H28N4O3/c1-20(34)22-7-11-24(12-8-22)32-15-17-33(18-16-32)29(35)21(2)36-25-13-9-23(10-14-25)28-19-30-26-5-3-4-6-27(26)31-28/h3-14,19,21H,15-18H2,1-2H3/t21-/m0/s1. The molecule has 0 unspecified atom stereocenters. The molecule has 182 valence electrons. The molecule has 1 saturated heterocycles. The Morgan fingerprint density at radius 1 is 0.861 bits per heavy atom. The van der Waals surface area contributed by atoms with Gasteiger partial charge in [0.25, 0.3) is 5.91 Å². The minimum Gasteiger partial charge on any atom is -0.481 e. The Balaban J connectivity index is 1.16. The predicted molar refractivity (Wildman–Crippen MR) is 140 cm³/mol. The summed E-state index contributed by atoms with van der Waals surface area (Å²) < 4.78 is 5.96. The van der Waals surface area contributed by atoms with Crippen LogP contribution >= 0.6 is 0 Å². The summed E-state index contributed by atoms with van der Waals surface area (Å²) in [4.78, 5) is 37.7. The minimum absolute atomic E-state index is 0.0222. The highest BCUT2D eigenvalue weighted by Crippen LogP contribution is 2.23. The fourth-order valence-electron chi connectivity index (χ4n) is 4.40. The van der Waals surface area contributed by atoms with E-state index in [-0.39, 0.29) is 11.7 Å². The highest BCUT2D eigenvalue weighted by atomic mass is 16.5. The van der Waals surface area contributed by atoms with Crippen molar-refractivity contribution in [3.05, 3.63) is 84.6 Å². The van der Waals surface area contributed by atoms with Crippen LogP contribution in [0.4, 0.5) is 5.69 Å². The van der Waals surface area contributed by atoms with Crippen molar-refractivity contribution in [2.45, 2.75) is 20.0 Å². The topological polar surface area (TPSA) is 75.6 Å². The molecule has 7 heteroatoms. The average molecular weight is 481 g/mol. The number of amides is 1. The van der Waals surface area contributed by atoms with Crippen molar-refractivity contribution in [1.29, 1.82) is 0 Å². The SMILES string of the molecule is CC(=O)c1ccc(N2CCN(C(=O)[C@H](C)Oc3ccc(-c4cnc5ccccc5n4)cc3)CC2)cc1. The Morgan fingerprint density at radius 2 is 1.53 bits per heavy atom. The van der Waals surface area contributed by atoms with Crippen LogP contribution in [0.5, 0.6) is 5.75 Å². The van der Waals surface area contributed by atoms with E-state index < -0.39 is 6.10 Å². The van der Waals surface area contributed by atoms with E-state index >= 15 is 0 Å². The molecule has 3 aromatic carbocycles. The van der Waals surface area contributed by atoms with E-state index in [9.17, 15) is 9.59 Å². The van der Waals surface area contributed by atoms with Crippen LogP contribution in [0.15, 0.2) is 79.0 Å². The van der Waals surface area contributed by atoms with Gasteiger partial charge in [0.2, 0.25) is 0 Å². The zero-order valence-electron chi connectivity index (χ0n) is 20.4. The summed E-state index contributed by atoms with van der Waals surface area (Å²) in [6, 6.07) is 23.0. The normalized spacial score (nSPS) is 14.5. The van der Waals surface area contributed by atoms with Crippen molar-refractivity contribution in [1.82, 2.24) is 14.9 Å². The number of hydrogen-bond donors (Lipinski definition) is 0. The van der Waals surface area contributed by atoms with Gasteiger partial charge in [-0.05, 0) is 74.5 Å². The molecule has 1 fully saturated rings. The number of carbonyl (C=O) groups excluding carboxylic acids is 2. The van der Waals surface area contributed by atoms with E-state index in [1.807, 2.05) is 77.7 Å². The Bertz CT molecular complexity index is 1380. The number of rotatable bonds is 6. The summed E-state index contributed by atoms with van der Waals surface area (Å²) in [6.07, 6.45) is 1.18. The highest BCUT2D eigenvalue weighted by Gasteiger charge is 2.26. The number of hydrogen-bond acceptors (Lipinski definition) is 6. The summed E-state index contributed by atoms with van der Waals surface area (Å²) in [7, 11) is 0. The van der Waals surface area contributed by atoms with Crippen LogP contribution in [0.2, 0.25) is 0 Å². The smallest absolute Gasteiger partial charge is 0.263 e. The number of ketones is 1. The molecule has 0 aliphatic carbocycles. The quantitative estimate of drug-likeness (QED) is 0.375. The van der Waals surface area contributed by atoms with E-state index in [1.165, 1.54) is 0 Å². The molecule has 2 heterocycles. The van der Waals surface area contributed by atoms with Crippen LogP contribution in [0.25, 0.3) is 22.3 Å². The lowest BCUT2D eigenvalue weighted by atomic mass is 10.1. The van der Waals surface area contributed by atoms with Crippen molar-refractivity contribution in [2.75, 3.05) is 31.1 Å². The van der Waals surface area contributed by atoms with E-state index in [0.29, 0.717) is 24.4 Å². The van der Waals surface area contributed by atoms with E-state index in [2.05, 4.69) is 14.9 Å². The molecule has 0 saturated carbocycles. The molecule has 1 aliphatic rings. The first-order chi connectivity index (χ1) is 17.5. The lowest BCUT2D eigenvalue weighted by Gasteiger charge is -2.37. The maximum Gasteiger partial charge on any atom is 0.263 e. The van der Waals surface area contributed by atoms with Crippen LogP contribution in [-0.2, 0) is 4.79 Å². The summed E-state index contributed by atoms with van der Waals surface area (Å²) in [5.74, 6) is 0.673. The zero-order valence-corrected chi connectivity index (χ0v) is 20.4. The molecule has 1 aliphatic heterocycles. The first-order valence-corrected chi connectivity index (χ1v) is 12.1. The fraction of sp³-hybridized carbons (Fsp3) is 0.241. The predicted octanol–water partition coefficient (Wildman–Crippen LogP) is 4.62. The van der Waals surface area contributed by atoms with Gasteiger partial charge in [0.15, 0.2) is 11.9 Å². The van der Waals surface area contributed by atoms with E-state index in [4.69, 9.17) is 4.74 Å². The number of para-hydroxylation sites is 2. The van der Waals surface area contributed by atoms with Crippen molar-refractivity contribution in [3.8, 4) is 17.0 Å². The number of piperazine rings is 1. The molecule has 1 aromatic heterocycles. The lowest BCUT2D eigenvalue weighted by molar-refractivity contribution is -0.138.